The fraction of sp³-hybridized carbons (Fsp3) is 0.900. The number of hydrogen-bond acceptors (Lipinski definition) is 4. The van der Waals surface area contributed by atoms with E-state index in [1.165, 1.54) is 6.26 Å². The third-order valence-corrected chi connectivity index (χ3v) is 3.67. The lowest BCUT2D eigenvalue weighted by Gasteiger charge is -2.26. The van der Waals surface area contributed by atoms with Gasteiger partial charge < -0.3 is 4.90 Å². The summed E-state index contributed by atoms with van der Waals surface area (Å²) in [7, 11) is -3.02. The molecule has 1 amide bonds. The van der Waals surface area contributed by atoms with E-state index in [2.05, 4.69) is 5.32 Å². The zero-order chi connectivity index (χ0) is 12.5. The van der Waals surface area contributed by atoms with E-state index in [4.69, 9.17) is 0 Å². The molecule has 0 spiro atoms. The fourth-order valence-corrected chi connectivity index (χ4v) is 2.40. The van der Waals surface area contributed by atoms with E-state index in [1.54, 1.807) is 11.8 Å². The summed E-state index contributed by atoms with van der Waals surface area (Å²) in [5.74, 6) is 0.284. The standard InChI is InChI=1S/C10H20N2O3S/c1-7(2)9-11-8(3)10(13)12(9)5-6-16(4,14)15/h7-9,11H,5-6H2,1-4H3. The molecular weight excluding hydrogens is 228 g/mol. The lowest BCUT2D eigenvalue weighted by Crippen LogP contribution is -2.43. The van der Waals surface area contributed by atoms with Crippen LogP contribution < -0.4 is 5.32 Å². The van der Waals surface area contributed by atoms with Gasteiger partial charge in [0.15, 0.2) is 0 Å². The highest BCUT2D eigenvalue weighted by Crippen LogP contribution is 2.17. The molecule has 6 heteroatoms. The van der Waals surface area contributed by atoms with Crippen molar-refractivity contribution in [2.75, 3.05) is 18.6 Å². The zero-order valence-corrected chi connectivity index (χ0v) is 11.0. The van der Waals surface area contributed by atoms with Crippen LogP contribution in [0.25, 0.3) is 0 Å². The molecular formula is C10H20N2O3S. The monoisotopic (exact) mass is 248 g/mol. The molecule has 2 unspecified atom stereocenters. The first-order chi connectivity index (χ1) is 7.22. The summed E-state index contributed by atoms with van der Waals surface area (Å²) >= 11 is 0. The summed E-state index contributed by atoms with van der Waals surface area (Å²) in [6.07, 6.45) is 1.14. The summed E-state index contributed by atoms with van der Waals surface area (Å²) in [6, 6.07) is -0.216. The largest absolute Gasteiger partial charge is 0.325 e. The summed E-state index contributed by atoms with van der Waals surface area (Å²) in [5.41, 5.74) is 0. The average Bonchev–Trinajstić information content (AvgIpc) is 2.39. The Morgan fingerprint density at radius 1 is 1.44 bits per heavy atom. The van der Waals surface area contributed by atoms with Crippen LogP contribution in [0.1, 0.15) is 20.8 Å². The van der Waals surface area contributed by atoms with Crippen molar-refractivity contribution < 1.29 is 13.2 Å². The van der Waals surface area contributed by atoms with E-state index in [9.17, 15) is 13.2 Å². The van der Waals surface area contributed by atoms with Crippen LogP contribution in [-0.2, 0) is 14.6 Å². The minimum absolute atomic E-state index is 0.0117. The van der Waals surface area contributed by atoms with Gasteiger partial charge in [0.2, 0.25) is 5.91 Å². The topological polar surface area (TPSA) is 66.5 Å². The predicted molar refractivity (Wildman–Crippen MR) is 62.6 cm³/mol. The molecule has 0 aromatic carbocycles. The van der Waals surface area contributed by atoms with Crippen LogP contribution in [0.3, 0.4) is 0 Å². The highest BCUT2D eigenvalue weighted by molar-refractivity contribution is 7.90. The third-order valence-electron chi connectivity index (χ3n) is 2.74. The second-order valence-electron chi connectivity index (χ2n) is 4.74. The molecule has 1 rings (SSSR count). The van der Waals surface area contributed by atoms with Gasteiger partial charge in [-0.1, -0.05) is 13.8 Å². The SMILES string of the molecule is CC1NC(C(C)C)N(CCS(C)(=O)=O)C1=O. The smallest absolute Gasteiger partial charge is 0.240 e. The third kappa shape index (κ3) is 3.18. The normalized spacial score (nSPS) is 26.8. The molecule has 1 N–H and O–H groups in total. The Hall–Kier alpha value is -0.620. The Morgan fingerprint density at radius 2 is 2.00 bits per heavy atom. The van der Waals surface area contributed by atoms with Crippen molar-refractivity contribution in [1.82, 2.24) is 10.2 Å². The molecule has 0 aromatic heterocycles. The van der Waals surface area contributed by atoms with Crippen LogP contribution in [0, 0.1) is 5.92 Å². The van der Waals surface area contributed by atoms with E-state index < -0.39 is 9.84 Å². The maximum absolute atomic E-state index is 11.8. The van der Waals surface area contributed by atoms with Gasteiger partial charge in [-0.25, -0.2) is 8.42 Å². The lowest BCUT2D eigenvalue weighted by atomic mass is 10.1. The molecule has 1 saturated heterocycles. The molecule has 94 valence electrons. The Balaban J connectivity index is 2.71. The molecule has 0 saturated carbocycles. The highest BCUT2D eigenvalue weighted by Gasteiger charge is 2.37. The van der Waals surface area contributed by atoms with Crippen LogP contribution >= 0.6 is 0 Å². The van der Waals surface area contributed by atoms with E-state index >= 15 is 0 Å². The van der Waals surface area contributed by atoms with Crippen molar-refractivity contribution in [2.45, 2.75) is 33.0 Å². The molecule has 0 radical (unpaired) electrons. The van der Waals surface area contributed by atoms with Crippen LogP contribution in [0.2, 0.25) is 0 Å². The van der Waals surface area contributed by atoms with Crippen LogP contribution in [0.5, 0.6) is 0 Å². The molecule has 2 atom stereocenters. The number of rotatable bonds is 4. The van der Waals surface area contributed by atoms with Gasteiger partial charge >= 0.3 is 0 Å². The van der Waals surface area contributed by atoms with Crippen molar-refractivity contribution in [3.05, 3.63) is 0 Å². The Labute approximate surface area is 97.1 Å². The maximum atomic E-state index is 11.8. The molecule has 1 fully saturated rings. The molecule has 0 aromatic rings. The van der Waals surface area contributed by atoms with Gasteiger partial charge in [-0.15, -0.1) is 0 Å². The Morgan fingerprint density at radius 3 is 2.44 bits per heavy atom. The minimum atomic E-state index is -3.02. The molecule has 0 bridgehead atoms. The van der Waals surface area contributed by atoms with Crippen molar-refractivity contribution in [3.63, 3.8) is 0 Å². The average molecular weight is 248 g/mol. The van der Waals surface area contributed by atoms with Crippen molar-refractivity contribution in [2.24, 2.45) is 5.92 Å². The second kappa shape index (κ2) is 4.71. The number of sulfone groups is 1. The van der Waals surface area contributed by atoms with Gasteiger partial charge in [0, 0.05) is 12.8 Å². The van der Waals surface area contributed by atoms with Gasteiger partial charge in [0.05, 0.1) is 18.0 Å². The Kier molecular flexibility index (Phi) is 3.96. The van der Waals surface area contributed by atoms with Crippen LogP contribution in [-0.4, -0.2) is 50.0 Å². The highest BCUT2D eigenvalue weighted by atomic mass is 32.2. The van der Waals surface area contributed by atoms with E-state index in [1.807, 2.05) is 13.8 Å². The summed E-state index contributed by atoms with van der Waals surface area (Å²) in [5, 5.41) is 3.17. The van der Waals surface area contributed by atoms with E-state index in [0.29, 0.717) is 0 Å². The Bertz CT molecular complexity index is 364. The first-order valence-corrected chi connectivity index (χ1v) is 7.52. The molecule has 1 aliphatic heterocycles. The first-order valence-electron chi connectivity index (χ1n) is 5.46. The van der Waals surface area contributed by atoms with E-state index in [-0.39, 0.29) is 36.3 Å². The van der Waals surface area contributed by atoms with Crippen LogP contribution in [0.15, 0.2) is 0 Å². The van der Waals surface area contributed by atoms with Crippen molar-refractivity contribution >= 4 is 15.7 Å². The van der Waals surface area contributed by atoms with Gasteiger partial charge in [0.25, 0.3) is 0 Å². The molecule has 16 heavy (non-hydrogen) atoms. The number of carbonyl (C=O) groups is 1. The number of hydrogen-bond donors (Lipinski definition) is 1. The minimum Gasteiger partial charge on any atom is -0.325 e. The van der Waals surface area contributed by atoms with Crippen molar-refractivity contribution in [3.8, 4) is 0 Å². The molecule has 1 aliphatic rings. The first kappa shape index (κ1) is 13.4. The van der Waals surface area contributed by atoms with Gasteiger partial charge in [0.1, 0.15) is 9.84 Å². The van der Waals surface area contributed by atoms with Gasteiger partial charge in [-0.3, -0.25) is 10.1 Å². The number of nitrogens with zero attached hydrogens (tertiary/aromatic N) is 1. The van der Waals surface area contributed by atoms with Gasteiger partial charge in [-0.2, -0.15) is 0 Å². The number of nitrogens with one attached hydrogen (secondary N) is 1. The summed E-state index contributed by atoms with van der Waals surface area (Å²) in [4.78, 5) is 13.4. The fourth-order valence-electron chi connectivity index (χ4n) is 1.87. The molecule has 1 heterocycles. The number of carbonyl (C=O) groups excluding carboxylic acids is 1. The van der Waals surface area contributed by atoms with E-state index in [0.717, 1.165) is 0 Å². The van der Waals surface area contributed by atoms with Gasteiger partial charge in [-0.05, 0) is 12.8 Å². The number of amides is 1. The quantitative estimate of drug-likeness (QED) is 0.750. The summed E-state index contributed by atoms with van der Waals surface area (Å²) in [6.45, 7) is 6.10. The maximum Gasteiger partial charge on any atom is 0.240 e. The van der Waals surface area contributed by atoms with Crippen molar-refractivity contribution in [1.29, 1.82) is 0 Å². The predicted octanol–water partition coefficient (Wildman–Crippen LogP) is -0.167. The van der Waals surface area contributed by atoms with Crippen LogP contribution in [0.4, 0.5) is 0 Å². The molecule has 5 nitrogen and oxygen atoms in total. The summed E-state index contributed by atoms with van der Waals surface area (Å²) < 4.78 is 22.2. The second-order valence-corrected chi connectivity index (χ2v) is 7.00. The molecule has 0 aliphatic carbocycles. The lowest BCUT2D eigenvalue weighted by molar-refractivity contribution is -0.129. The zero-order valence-electron chi connectivity index (χ0n) is 10.2.